The molecule has 0 aliphatic rings. The van der Waals surface area contributed by atoms with Crippen molar-refractivity contribution in [1.29, 1.82) is 0 Å². The van der Waals surface area contributed by atoms with Crippen molar-refractivity contribution in [2.24, 2.45) is 0 Å². The van der Waals surface area contributed by atoms with Gasteiger partial charge in [-0.25, -0.2) is 0 Å². The van der Waals surface area contributed by atoms with Gasteiger partial charge in [-0.2, -0.15) is 0 Å². The molecule has 0 bridgehead atoms. The van der Waals surface area contributed by atoms with Gasteiger partial charge in [0, 0.05) is 26.6 Å². The highest BCUT2D eigenvalue weighted by Gasteiger charge is 2.12. The van der Waals surface area contributed by atoms with E-state index in [1.54, 1.807) is 19.1 Å². The van der Waals surface area contributed by atoms with Gasteiger partial charge in [-0.3, -0.25) is 4.79 Å². The Labute approximate surface area is 95.1 Å². The van der Waals surface area contributed by atoms with E-state index in [2.05, 4.69) is 15.9 Å². The summed E-state index contributed by atoms with van der Waals surface area (Å²) in [6.45, 7) is -4.35. The molecule has 1 aromatic carbocycles. The number of halogens is 1. The van der Waals surface area contributed by atoms with Crippen molar-refractivity contribution in [3.05, 3.63) is 33.8 Å². The minimum absolute atomic E-state index is 0.00671. The number of hydrogen-bond donors (Lipinski definition) is 0. The van der Waals surface area contributed by atoms with Crippen LogP contribution in [0.3, 0.4) is 0 Å². The van der Waals surface area contributed by atoms with Crippen molar-refractivity contribution in [2.75, 3.05) is 14.0 Å². The Morgan fingerprint density at radius 3 is 2.85 bits per heavy atom. The molecule has 0 aliphatic carbocycles. The van der Waals surface area contributed by atoms with E-state index in [1.165, 1.54) is 6.07 Å². The fraction of sp³-hybridized carbons (Fsp3) is 0.300. The number of benzene rings is 1. The summed E-state index contributed by atoms with van der Waals surface area (Å²) in [5.74, 6) is -1.06. The van der Waals surface area contributed by atoms with Crippen LogP contribution in [0.2, 0.25) is 0 Å². The summed E-state index contributed by atoms with van der Waals surface area (Å²) in [5.41, 5.74) is 0.717. The smallest absolute Gasteiger partial charge is 0.254 e. The van der Waals surface area contributed by atoms with Crippen molar-refractivity contribution in [3.8, 4) is 0 Å². The highest BCUT2D eigenvalue weighted by Crippen LogP contribution is 2.21. The molecule has 0 saturated carbocycles. The van der Waals surface area contributed by atoms with Gasteiger partial charge in [0.15, 0.2) is 0 Å². The Kier molecular flexibility index (Phi) is 1.39. The van der Waals surface area contributed by atoms with Gasteiger partial charge in [0.1, 0.15) is 0 Å². The highest BCUT2D eigenvalue weighted by atomic mass is 79.9. The molecule has 0 fully saturated rings. The summed E-state index contributed by atoms with van der Waals surface area (Å²) >= 11 is 3.17. The van der Waals surface area contributed by atoms with Crippen LogP contribution < -0.4 is 0 Å². The average molecular weight is 248 g/mol. The van der Waals surface area contributed by atoms with Gasteiger partial charge in [-0.05, 0) is 34.5 Å². The maximum atomic E-state index is 12.2. The quantitative estimate of drug-likeness (QED) is 0.747. The summed E-state index contributed by atoms with van der Waals surface area (Å²) in [6, 6.07) is 4.66. The zero-order valence-electron chi connectivity index (χ0n) is 13.0. The summed E-state index contributed by atoms with van der Waals surface area (Å²) in [7, 11) is 0. The van der Waals surface area contributed by atoms with E-state index >= 15 is 0 Å². The topological polar surface area (TPSA) is 20.3 Å². The third kappa shape index (κ3) is 2.10. The second-order valence-corrected chi connectivity index (χ2v) is 3.37. The number of carbonyl (C=O) groups excluding carboxylic acids is 1. The zero-order valence-corrected chi connectivity index (χ0v) is 8.55. The summed E-state index contributed by atoms with van der Waals surface area (Å²) in [4.78, 5) is 12.1. The van der Waals surface area contributed by atoms with Crippen LogP contribution in [0.25, 0.3) is 0 Å². The van der Waals surface area contributed by atoms with Gasteiger partial charge < -0.3 is 4.90 Å². The average Bonchev–Trinajstić information content (AvgIpc) is 2.17. The van der Waals surface area contributed by atoms with Crippen molar-refractivity contribution in [2.45, 2.75) is 6.92 Å². The minimum Gasteiger partial charge on any atom is -0.345 e. The molecule has 0 N–H and O–H groups in total. The lowest BCUT2D eigenvalue weighted by molar-refractivity contribution is 0.0826. The third-order valence-electron chi connectivity index (χ3n) is 1.63. The number of amides is 1. The van der Waals surface area contributed by atoms with Gasteiger partial charge in [0.25, 0.3) is 5.91 Å². The number of aryl methyl sites for hydroxylation is 1. The largest absolute Gasteiger partial charge is 0.345 e. The van der Waals surface area contributed by atoms with E-state index in [0.717, 1.165) is 0 Å². The van der Waals surface area contributed by atoms with Gasteiger partial charge in [-0.15, -0.1) is 0 Å². The molecule has 0 spiro atoms. The number of rotatable bonds is 1. The Hall–Kier alpha value is -0.830. The van der Waals surface area contributed by atoms with Crippen LogP contribution in [0.1, 0.15) is 24.1 Å². The van der Waals surface area contributed by atoms with Crippen LogP contribution in [-0.2, 0) is 0 Å². The SMILES string of the molecule is [2H]C([2H])([2H])N(C(=O)c1cccc(C)c1Br)C([2H])([2H])[2H]. The molecule has 1 rings (SSSR count). The Morgan fingerprint density at radius 1 is 1.54 bits per heavy atom. The molecular weight excluding hydrogens is 230 g/mol. The Morgan fingerprint density at radius 2 is 2.23 bits per heavy atom. The molecule has 2 nitrogen and oxygen atoms in total. The van der Waals surface area contributed by atoms with Crippen LogP contribution in [0, 0.1) is 6.92 Å². The molecule has 3 heteroatoms. The van der Waals surface area contributed by atoms with E-state index < -0.39 is 19.9 Å². The Bertz CT molecular complexity index is 482. The van der Waals surface area contributed by atoms with Crippen molar-refractivity contribution in [1.82, 2.24) is 4.90 Å². The second-order valence-electron chi connectivity index (χ2n) is 2.58. The molecule has 0 aliphatic heterocycles. The monoisotopic (exact) mass is 247 g/mol. The molecule has 0 saturated heterocycles. The fourth-order valence-electron chi connectivity index (χ4n) is 0.933. The van der Waals surface area contributed by atoms with E-state index in [4.69, 9.17) is 8.22 Å². The van der Waals surface area contributed by atoms with E-state index in [9.17, 15) is 4.79 Å². The number of nitrogens with zero attached hydrogens (tertiary/aromatic N) is 1. The van der Waals surface area contributed by atoms with Gasteiger partial charge in [-0.1, -0.05) is 12.1 Å². The molecule has 0 atom stereocenters. The maximum absolute atomic E-state index is 12.2. The molecule has 0 heterocycles. The predicted octanol–water partition coefficient (Wildman–Crippen LogP) is 2.46. The van der Waals surface area contributed by atoms with E-state index in [0.29, 0.717) is 10.0 Å². The lowest BCUT2D eigenvalue weighted by Gasteiger charge is -2.12. The summed E-state index contributed by atoms with van der Waals surface area (Å²) in [5, 5.41) is 0. The standard InChI is InChI=1S/C10H12BrNO/c1-7-5-4-6-8(9(7)11)10(13)12(2)3/h4-6H,1-3H3/i2D3,3D3. The molecule has 1 aromatic rings. The molecular formula is C10H12BrNO. The van der Waals surface area contributed by atoms with E-state index in [-0.39, 0.29) is 10.5 Å². The van der Waals surface area contributed by atoms with E-state index in [1.807, 2.05) is 0 Å². The van der Waals surface area contributed by atoms with Crippen molar-refractivity contribution in [3.63, 3.8) is 0 Å². The predicted molar refractivity (Wildman–Crippen MR) is 56.9 cm³/mol. The lowest BCUT2D eigenvalue weighted by atomic mass is 10.1. The van der Waals surface area contributed by atoms with Crippen LogP contribution in [0.4, 0.5) is 0 Å². The first-order valence-corrected chi connectivity index (χ1v) is 4.35. The lowest BCUT2D eigenvalue weighted by Crippen LogP contribution is -2.22. The van der Waals surface area contributed by atoms with Crippen LogP contribution >= 0.6 is 15.9 Å². The molecule has 0 unspecified atom stereocenters. The normalized spacial score (nSPS) is 18.6. The fourth-order valence-corrected chi connectivity index (χ4v) is 1.37. The van der Waals surface area contributed by atoms with Crippen LogP contribution in [-0.4, -0.2) is 24.8 Å². The van der Waals surface area contributed by atoms with Crippen molar-refractivity contribution >= 4 is 21.8 Å². The molecule has 0 radical (unpaired) electrons. The first-order valence-electron chi connectivity index (χ1n) is 6.56. The van der Waals surface area contributed by atoms with Gasteiger partial charge in [0.2, 0.25) is 0 Å². The van der Waals surface area contributed by atoms with Gasteiger partial charge in [0.05, 0.1) is 5.56 Å². The molecule has 13 heavy (non-hydrogen) atoms. The summed E-state index contributed by atoms with van der Waals surface area (Å²) in [6.07, 6.45) is 0. The molecule has 70 valence electrons. The molecule has 1 amide bonds. The summed E-state index contributed by atoms with van der Waals surface area (Å²) < 4.78 is 43.7. The highest BCUT2D eigenvalue weighted by molar-refractivity contribution is 9.10. The van der Waals surface area contributed by atoms with Crippen LogP contribution in [0.15, 0.2) is 22.7 Å². The maximum Gasteiger partial charge on any atom is 0.254 e. The Balaban J connectivity index is 3.33. The van der Waals surface area contributed by atoms with Gasteiger partial charge >= 0.3 is 0 Å². The molecule has 0 aromatic heterocycles. The first kappa shape index (κ1) is 4.60. The number of hydrogen-bond acceptors (Lipinski definition) is 1. The second kappa shape index (κ2) is 3.92. The number of carbonyl (C=O) groups is 1. The first-order chi connectivity index (χ1) is 8.46. The minimum atomic E-state index is -3.04. The third-order valence-corrected chi connectivity index (χ3v) is 2.68. The van der Waals surface area contributed by atoms with Crippen LogP contribution in [0.5, 0.6) is 0 Å². The van der Waals surface area contributed by atoms with Crippen molar-refractivity contribution < 1.29 is 13.0 Å². The zero-order chi connectivity index (χ0) is 15.0.